The Morgan fingerprint density at radius 2 is 1.87 bits per heavy atom. The summed E-state index contributed by atoms with van der Waals surface area (Å²) in [5, 5.41) is 5.93. The van der Waals surface area contributed by atoms with Gasteiger partial charge in [-0.05, 0) is 45.7 Å². The van der Waals surface area contributed by atoms with E-state index in [4.69, 9.17) is 0 Å². The van der Waals surface area contributed by atoms with E-state index in [1.54, 1.807) is 28.5 Å². The molecule has 1 fully saturated rings. The van der Waals surface area contributed by atoms with Gasteiger partial charge in [0.2, 0.25) is 5.91 Å². The normalized spacial score (nSPS) is 21.1. The van der Waals surface area contributed by atoms with Crippen LogP contribution in [0.5, 0.6) is 0 Å². The standard InChI is InChI=1S/C23H29N5O3/c1-4-28-21(30)19-18(20(29)25-17-11-9-15(2)10-12-17)24-14-27(19)13-23(28,3)22(31)26-16-7-5-6-8-16/h9-12,14,16H,4-8,13H2,1-3H3,(H,25,29)(H,26,31). The Morgan fingerprint density at radius 1 is 1.19 bits per heavy atom. The molecule has 1 atom stereocenters. The van der Waals surface area contributed by atoms with Gasteiger partial charge in [-0.25, -0.2) is 4.98 Å². The van der Waals surface area contributed by atoms with Crippen LogP contribution in [-0.4, -0.2) is 50.3 Å². The summed E-state index contributed by atoms with van der Waals surface area (Å²) < 4.78 is 1.63. The summed E-state index contributed by atoms with van der Waals surface area (Å²) in [5.41, 5.74) is 0.974. The highest BCUT2D eigenvalue weighted by Crippen LogP contribution is 2.30. The minimum Gasteiger partial charge on any atom is -0.351 e. The first kappa shape index (κ1) is 21.1. The average Bonchev–Trinajstić information content (AvgIpc) is 3.39. The van der Waals surface area contributed by atoms with Gasteiger partial charge < -0.3 is 20.1 Å². The summed E-state index contributed by atoms with van der Waals surface area (Å²) in [6, 6.07) is 7.58. The molecule has 1 aliphatic heterocycles. The van der Waals surface area contributed by atoms with Gasteiger partial charge in [0.15, 0.2) is 5.69 Å². The highest BCUT2D eigenvalue weighted by molar-refractivity contribution is 6.11. The Balaban J connectivity index is 1.60. The van der Waals surface area contributed by atoms with Crippen molar-refractivity contribution in [1.29, 1.82) is 0 Å². The third-order valence-corrected chi connectivity index (χ3v) is 6.38. The molecule has 2 heterocycles. The van der Waals surface area contributed by atoms with Crippen LogP contribution in [0.25, 0.3) is 0 Å². The summed E-state index contributed by atoms with van der Waals surface area (Å²) in [5.74, 6) is -0.954. The molecule has 0 saturated heterocycles. The Labute approximate surface area is 182 Å². The molecule has 1 aromatic heterocycles. The fourth-order valence-corrected chi connectivity index (χ4v) is 4.59. The van der Waals surface area contributed by atoms with E-state index in [0.29, 0.717) is 12.2 Å². The number of hydrogen-bond acceptors (Lipinski definition) is 4. The Morgan fingerprint density at radius 3 is 2.52 bits per heavy atom. The predicted molar refractivity (Wildman–Crippen MR) is 117 cm³/mol. The van der Waals surface area contributed by atoms with Crippen molar-refractivity contribution in [2.75, 3.05) is 11.9 Å². The van der Waals surface area contributed by atoms with Gasteiger partial charge in [-0.3, -0.25) is 14.4 Å². The van der Waals surface area contributed by atoms with E-state index in [0.717, 1.165) is 31.2 Å². The van der Waals surface area contributed by atoms with E-state index in [2.05, 4.69) is 15.6 Å². The maximum Gasteiger partial charge on any atom is 0.276 e. The van der Waals surface area contributed by atoms with Crippen molar-refractivity contribution >= 4 is 23.4 Å². The van der Waals surface area contributed by atoms with Crippen LogP contribution in [-0.2, 0) is 11.3 Å². The lowest BCUT2D eigenvalue weighted by atomic mass is 9.94. The highest BCUT2D eigenvalue weighted by atomic mass is 16.2. The van der Waals surface area contributed by atoms with E-state index >= 15 is 0 Å². The van der Waals surface area contributed by atoms with Crippen LogP contribution in [0.1, 0.15) is 66.1 Å². The third kappa shape index (κ3) is 3.82. The molecule has 1 saturated carbocycles. The number of nitrogens with zero attached hydrogens (tertiary/aromatic N) is 3. The molecule has 2 N–H and O–H groups in total. The van der Waals surface area contributed by atoms with E-state index in [-0.39, 0.29) is 35.8 Å². The molecule has 0 radical (unpaired) electrons. The quantitative estimate of drug-likeness (QED) is 0.773. The molecular formula is C23H29N5O3. The third-order valence-electron chi connectivity index (χ3n) is 6.38. The fraction of sp³-hybridized carbons (Fsp3) is 0.478. The van der Waals surface area contributed by atoms with Gasteiger partial charge >= 0.3 is 0 Å². The van der Waals surface area contributed by atoms with Gasteiger partial charge in [0.05, 0.1) is 12.9 Å². The summed E-state index contributed by atoms with van der Waals surface area (Å²) in [6.45, 7) is 6.21. The number of aryl methyl sites for hydroxylation is 1. The maximum atomic E-state index is 13.4. The second-order valence-electron chi connectivity index (χ2n) is 8.67. The van der Waals surface area contributed by atoms with Gasteiger partial charge in [-0.1, -0.05) is 30.5 Å². The molecule has 2 aromatic rings. The summed E-state index contributed by atoms with van der Waals surface area (Å²) in [7, 11) is 0. The number of likely N-dealkylation sites (N-methyl/N-ethyl adjacent to an activating group) is 1. The molecule has 2 aliphatic rings. The number of aromatic nitrogens is 2. The number of anilines is 1. The first-order valence-corrected chi connectivity index (χ1v) is 10.9. The second kappa shape index (κ2) is 8.17. The Hall–Kier alpha value is -3.16. The van der Waals surface area contributed by atoms with Gasteiger partial charge in [0.25, 0.3) is 11.8 Å². The molecule has 8 nitrogen and oxygen atoms in total. The molecule has 0 bridgehead atoms. The minimum atomic E-state index is -1.03. The highest BCUT2D eigenvalue weighted by Gasteiger charge is 2.48. The molecule has 164 valence electrons. The van der Waals surface area contributed by atoms with Crippen LogP contribution in [0.2, 0.25) is 0 Å². The second-order valence-corrected chi connectivity index (χ2v) is 8.67. The molecule has 8 heteroatoms. The van der Waals surface area contributed by atoms with Crippen molar-refractivity contribution in [3.8, 4) is 0 Å². The van der Waals surface area contributed by atoms with Crippen LogP contribution >= 0.6 is 0 Å². The zero-order chi connectivity index (χ0) is 22.2. The van der Waals surface area contributed by atoms with E-state index < -0.39 is 11.4 Å². The largest absolute Gasteiger partial charge is 0.351 e. The number of carbonyl (C=O) groups excluding carboxylic acids is 3. The van der Waals surface area contributed by atoms with Crippen molar-refractivity contribution in [2.24, 2.45) is 0 Å². The van der Waals surface area contributed by atoms with Gasteiger partial charge in [-0.15, -0.1) is 0 Å². The van der Waals surface area contributed by atoms with Crippen LogP contribution in [0.4, 0.5) is 5.69 Å². The van der Waals surface area contributed by atoms with Crippen molar-refractivity contribution in [3.05, 3.63) is 47.5 Å². The van der Waals surface area contributed by atoms with Crippen LogP contribution < -0.4 is 10.6 Å². The van der Waals surface area contributed by atoms with E-state index in [1.807, 2.05) is 26.0 Å². The van der Waals surface area contributed by atoms with Crippen LogP contribution in [0, 0.1) is 6.92 Å². The number of rotatable bonds is 5. The minimum absolute atomic E-state index is 0.0716. The average molecular weight is 424 g/mol. The molecule has 3 amide bonds. The molecule has 4 rings (SSSR count). The zero-order valence-corrected chi connectivity index (χ0v) is 18.3. The number of benzene rings is 1. The van der Waals surface area contributed by atoms with Crippen molar-refractivity contribution in [2.45, 2.75) is 64.6 Å². The lowest BCUT2D eigenvalue weighted by Gasteiger charge is -2.43. The predicted octanol–water partition coefficient (Wildman–Crippen LogP) is 2.74. The smallest absolute Gasteiger partial charge is 0.276 e. The van der Waals surface area contributed by atoms with E-state index in [9.17, 15) is 14.4 Å². The zero-order valence-electron chi connectivity index (χ0n) is 18.3. The Kier molecular flexibility index (Phi) is 5.56. The first-order chi connectivity index (χ1) is 14.8. The molecule has 1 unspecified atom stereocenters. The van der Waals surface area contributed by atoms with Crippen molar-refractivity contribution in [3.63, 3.8) is 0 Å². The molecule has 1 aromatic carbocycles. The monoisotopic (exact) mass is 423 g/mol. The van der Waals surface area contributed by atoms with Gasteiger partial charge in [-0.2, -0.15) is 0 Å². The first-order valence-electron chi connectivity index (χ1n) is 10.9. The van der Waals surface area contributed by atoms with Gasteiger partial charge in [0.1, 0.15) is 11.2 Å². The van der Waals surface area contributed by atoms with Crippen LogP contribution in [0.3, 0.4) is 0 Å². The Bertz CT molecular complexity index is 1010. The SMILES string of the molecule is CCN1C(=O)c2c(C(=O)Nc3ccc(C)cc3)ncn2CC1(C)C(=O)NC1CCCC1. The molecule has 1 aliphatic carbocycles. The topological polar surface area (TPSA) is 96.3 Å². The summed E-state index contributed by atoms with van der Waals surface area (Å²) in [6.07, 6.45) is 5.65. The lowest BCUT2D eigenvalue weighted by molar-refractivity contribution is -0.133. The van der Waals surface area contributed by atoms with Crippen LogP contribution in [0.15, 0.2) is 30.6 Å². The number of carbonyl (C=O) groups is 3. The van der Waals surface area contributed by atoms with E-state index in [1.165, 1.54) is 6.33 Å². The number of nitrogens with one attached hydrogen (secondary N) is 2. The molecular weight excluding hydrogens is 394 g/mol. The number of imidazole rings is 1. The van der Waals surface area contributed by atoms with Crippen molar-refractivity contribution < 1.29 is 14.4 Å². The fourth-order valence-electron chi connectivity index (χ4n) is 4.59. The molecule has 0 spiro atoms. The summed E-state index contributed by atoms with van der Waals surface area (Å²) in [4.78, 5) is 45.2. The summed E-state index contributed by atoms with van der Waals surface area (Å²) >= 11 is 0. The maximum absolute atomic E-state index is 13.4. The van der Waals surface area contributed by atoms with Crippen molar-refractivity contribution in [1.82, 2.24) is 19.8 Å². The lowest BCUT2D eigenvalue weighted by Crippen LogP contribution is -2.64. The van der Waals surface area contributed by atoms with Gasteiger partial charge in [0, 0.05) is 18.3 Å². The molecule has 31 heavy (non-hydrogen) atoms. The number of hydrogen-bond donors (Lipinski definition) is 2. The number of fused-ring (bicyclic) bond motifs is 1. The number of amides is 3.